The van der Waals surface area contributed by atoms with Gasteiger partial charge in [0.1, 0.15) is 11.8 Å². The second kappa shape index (κ2) is 4.12. The van der Waals surface area contributed by atoms with Crippen molar-refractivity contribution in [3.8, 4) is 11.8 Å². The fourth-order valence-corrected chi connectivity index (χ4v) is 1.37. The molecule has 1 aromatic rings. The number of ether oxygens (including phenoxy) is 1. The summed E-state index contributed by atoms with van der Waals surface area (Å²) in [7, 11) is 1.44. The highest BCUT2D eigenvalue weighted by molar-refractivity contribution is 6.34. The van der Waals surface area contributed by atoms with Gasteiger partial charge in [0.25, 0.3) is 0 Å². The van der Waals surface area contributed by atoms with Gasteiger partial charge < -0.3 is 4.74 Å². The van der Waals surface area contributed by atoms with Crippen molar-refractivity contribution < 1.29 is 9.53 Å². The van der Waals surface area contributed by atoms with Crippen molar-refractivity contribution in [3.63, 3.8) is 0 Å². The highest BCUT2D eigenvalue weighted by Crippen LogP contribution is 2.26. The third kappa shape index (κ3) is 1.86. The molecule has 4 heteroatoms. The standard InChI is InChI=1S/C10H8ClNO2/c1-6(13)8-3-7(5-12)10(14-2)4-9(8)11/h3-4H,1-2H3. The molecule has 14 heavy (non-hydrogen) atoms. The van der Waals surface area contributed by atoms with Gasteiger partial charge in [-0.25, -0.2) is 0 Å². The van der Waals surface area contributed by atoms with Crippen LogP contribution >= 0.6 is 11.6 Å². The Bertz CT molecular complexity index is 421. The lowest BCUT2D eigenvalue weighted by Crippen LogP contribution is -1.97. The Kier molecular flexibility index (Phi) is 3.10. The maximum atomic E-state index is 11.1. The molecule has 3 nitrogen and oxygen atoms in total. The van der Waals surface area contributed by atoms with Crippen LogP contribution in [0.4, 0.5) is 0 Å². The van der Waals surface area contributed by atoms with E-state index in [9.17, 15) is 4.79 Å². The smallest absolute Gasteiger partial charge is 0.161 e. The number of methoxy groups -OCH3 is 1. The molecule has 0 radical (unpaired) electrons. The molecule has 0 aliphatic rings. The van der Waals surface area contributed by atoms with Gasteiger partial charge >= 0.3 is 0 Å². The van der Waals surface area contributed by atoms with E-state index in [0.717, 1.165) is 0 Å². The van der Waals surface area contributed by atoms with Crippen LogP contribution in [-0.4, -0.2) is 12.9 Å². The third-order valence-corrected chi connectivity index (χ3v) is 2.10. The van der Waals surface area contributed by atoms with Crippen LogP contribution in [0.2, 0.25) is 5.02 Å². The van der Waals surface area contributed by atoms with Crippen LogP contribution in [0.15, 0.2) is 12.1 Å². The number of nitriles is 1. The molecule has 0 aromatic heterocycles. The summed E-state index contributed by atoms with van der Waals surface area (Å²) in [4.78, 5) is 11.1. The van der Waals surface area contributed by atoms with Crippen molar-refractivity contribution in [2.45, 2.75) is 6.92 Å². The average molecular weight is 210 g/mol. The molecular weight excluding hydrogens is 202 g/mol. The van der Waals surface area contributed by atoms with Crippen LogP contribution in [0.1, 0.15) is 22.8 Å². The van der Waals surface area contributed by atoms with E-state index in [1.807, 2.05) is 6.07 Å². The number of halogens is 1. The first-order chi connectivity index (χ1) is 6.60. The SMILES string of the molecule is COc1cc(Cl)c(C(C)=O)cc1C#N. The molecule has 0 unspecified atom stereocenters. The predicted molar refractivity (Wildman–Crippen MR) is 52.7 cm³/mol. The quantitative estimate of drug-likeness (QED) is 0.703. The van der Waals surface area contributed by atoms with E-state index in [1.165, 1.54) is 26.2 Å². The maximum Gasteiger partial charge on any atom is 0.161 e. The van der Waals surface area contributed by atoms with E-state index in [0.29, 0.717) is 21.9 Å². The molecule has 1 rings (SSSR count). The van der Waals surface area contributed by atoms with Crippen LogP contribution < -0.4 is 4.74 Å². The van der Waals surface area contributed by atoms with Crippen molar-refractivity contribution in [3.05, 3.63) is 28.3 Å². The number of hydrogen-bond acceptors (Lipinski definition) is 3. The minimum absolute atomic E-state index is 0.172. The first kappa shape index (κ1) is 10.6. The molecule has 72 valence electrons. The van der Waals surface area contributed by atoms with Gasteiger partial charge in [-0.05, 0) is 13.0 Å². The lowest BCUT2D eigenvalue weighted by Gasteiger charge is -2.05. The third-order valence-electron chi connectivity index (χ3n) is 1.79. The minimum Gasteiger partial charge on any atom is -0.495 e. The summed E-state index contributed by atoms with van der Waals surface area (Å²) in [5.41, 5.74) is 0.645. The summed E-state index contributed by atoms with van der Waals surface area (Å²) in [6, 6.07) is 4.84. The molecular formula is C10H8ClNO2. The molecule has 0 saturated carbocycles. The topological polar surface area (TPSA) is 50.1 Å². The first-order valence-corrected chi connectivity index (χ1v) is 4.26. The Morgan fingerprint density at radius 2 is 2.21 bits per heavy atom. The van der Waals surface area contributed by atoms with Crippen LogP contribution in [0.3, 0.4) is 0 Å². The Balaban J connectivity index is 3.40. The number of rotatable bonds is 2. The van der Waals surface area contributed by atoms with Gasteiger partial charge in [-0.15, -0.1) is 0 Å². The van der Waals surface area contributed by atoms with Crippen LogP contribution in [-0.2, 0) is 0 Å². The number of nitrogens with zero attached hydrogens (tertiary/aromatic N) is 1. The highest BCUT2D eigenvalue weighted by Gasteiger charge is 2.11. The lowest BCUT2D eigenvalue weighted by atomic mass is 10.1. The zero-order valence-corrected chi connectivity index (χ0v) is 8.55. The zero-order chi connectivity index (χ0) is 10.7. The van der Waals surface area contributed by atoms with E-state index >= 15 is 0 Å². The van der Waals surface area contributed by atoms with Crippen LogP contribution in [0.5, 0.6) is 5.75 Å². The van der Waals surface area contributed by atoms with Crippen molar-refractivity contribution in [2.24, 2.45) is 0 Å². The van der Waals surface area contributed by atoms with Gasteiger partial charge in [0.2, 0.25) is 0 Å². The van der Waals surface area contributed by atoms with Gasteiger partial charge in [-0.2, -0.15) is 5.26 Å². The fourth-order valence-electron chi connectivity index (χ4n) is 1.08. The van der Waals surface area contributed by atoms with Crippen LogP contribution in [0, 0.1) is 11.3 Å². The molecule has 0 heterocycles. The fraction of sp³-hybridized carbons (Fsp3) is 0.200. The van der Waals surface area contributed by atoms with Crippen molar-refractivity contribution in [1.29, 1.82) is 5.26 Å². The summed E-state index contributed by atoms with van der Waals surface area (Å²) in [6.45, 7) is 1.40. The van der Waals surface area contributed by atoms with Crippen LogP contribution in [0.25, 0.3) is 0 Å². The molecule has 0 N–H and O–H groups in total. The summed E-state index contributed by atoms with van der Waals surface area (Å²) in [6.07, 6.45) is 0. The second-order valence-corrected chi connectivity index (χ2v) is 3.11. The summed E-state index contributed by atoms with van der Waals surface area (Å²) >= 11 is 5.82. The predicted octanol–water partition coefficient (Wildman–Crippen LogP) is 2.42. The number of benzene rings is 1. The Labute approximate surface area is 86.9 Å². The minimum atomic E-state index is -0.172. The molecule has 0 fully saturated rings. The van der Waals surface area contributed by atoms with E-state index < -0.39 is 0 Å². The summed E-state index contributed by atoms with van der Waals surface area (Å²) in [5, 5.41) is 9.06. The molecule has 0 bridgehead atoms. The van der Waals surface area contributed by atoms with Gasteiger partial charge in [-0.1, -0.05) is 11.6 Å². The summed E-state index contributed by atoms with van der Waals surface area (Å²) in [5.74, 6) is 0.205. The zero-order valence-electron chi connectivity index (χ0n) is 7.80. The molecule has 0 amide bonds. The number of ketones is 1. The lowest BCUT2D eigenvalue weighted by molar-refractivity contribution is 0.101. The number of carbonyl (C=O) groups is 1. The Hall–Kier alpha value is -1.53. The largest absolute Gasteiger partial charge is 0.495 e. The molecule has 0 saturated heterocycles. The normalized spacial score (nSPS) is 9.29. The van der Waals surface area contributed by atoms with Gasteiger partial charge in [0.05, 0.1) is 17.7 Å². The number of Topliss-reactive ketones (excluding diaryl/α,β-unsaturated/α-hetero) is 1. The molecule has 0 aliphatic carbocycles. The van der Waals surface area contributed by atoms with E-state index in [1.54, 1.807) is 0 Å². The Morgan fingerprint density at radius 3 is 2.64 bits per heavy atom. The molecule has 0 aliphatic heterocycles. The van der Waals surface area contributed by atoms with E-state index in [-0.39, 0.29) is 5.78 Å². The monoisotopic (exact) mass is 209 g/mol. The number of hydrogen-bond donors (Lipinski definition) is 0. The first-order valence-electron chi connectivity index (χ1n) is 3.88. The highest BCUT2D eigenvalue weighted by atomic mass is 35.5. The maximum absolute atomic E-state index is 11.1. The second-order valence-electron chi connectivity index (χ2n) is 2.70. The number of carbonyl (C=O) groups excluding carboxylic acids is 1. The van der Waals surface area contributed by atoms with Gasteiger partial charge in [0.15, 0.2) is 5.78 Å². The molecule has 1 aromatic carbocycles. The van der Waals surface area contributed by atoms with Gasteiger partial charge in [0, 0.05) is 11.6 Å². The van der Waals surface area contributed by atoms with Crippen molar-refractivity contribution in [1.82, 2.24) is 0 Å². The van der Waals surface area contributed by atoms with E-state index in [4.69, 9.17) is 21.6 Å². The Morgan fingerprint density at radius 1 is 1.57 bits per heavy atom. The molecule has 0 spiro atoms. The van der Waals surface area contributed by atoms with E-state index in [2.05, 4.69) is 0 Å². The molecule has 0 atom stereocenters. The average Bonchev–Trinajstić information content (AvgIpc) is 2.16. The van der Waals surface area contributed by atoms with Gasteiger partial charge in [-0.3, -0.25) is 4.79 Å². The summed E-state index contributed by atoms with van der Waals surface area (Å²) < 4.78 is 4.93. The van der Waals surface area contributed by atoms with Crippen molar-refractivity contribution in [2.75, 3.05) is 7.11 Å². The van der Waals surface area contributed by atoms with Crippen molar-refractivity contribution >= 4 is 17.4 Å².